The van der Waals surface area contributed by atoms with Crippen LogP contribution in [0.15, 0.2) is 30.4 Å². The van der Waals surface area contributed by atoms with Crippen LogP contribution in [0.1, 0.15) is 18.6 Å². The fourth-order valence-corrected chi connectivity index (χ4v) is 1.77. The Hall–Kier alpha value is -1.50. The number of esters is 1. The van der Waals surface area contributed by atoms with E-state index in [0.717, 1.165) is 0 Å². The summed E-state index contributed by atoms with van der Waals surface area (Å²) in [7, 11) is 0. The molecule has 0 aliphatic heterocycles. The number of benzene rings is 1. The first kappa shape index (κ1) is 13.6. The highest BCUT2D eigenvalue weighted by atomic mass is 35.5. The van der Waals surface area contributed by atoms with Crippen LogP contribution in [0.3, 0.4) is 0 Å². The number of nitrogens with zero attached hydrogens (tertiary/aromatic N) is 1. The summed E-state index contributed by atoms with van der Waals surface area (Å²) in [6.45, 7) is 4.79. The lowest BCUT2D eigenvalue weighted by atomic mass is 10.0. The van der Waals surface area contributed by atoms with E-state index in [2.05, 4.69) is 6.58 Å². The summed E-state index contributed by atoms with van der Waals surface area (Å²) in [5, 5.41) is 9.60. The maximum Gasteiger partial charge on any atom is 0.303 e. The summed E-state index contributed by atoms with van der Waals surface area (Å²) in [6, 6.07) is 6.56. The van der Waals surface area contributed by atoms with Gasteiger partial charge in [-0.1, -0.05) is 35.8 Å². The fourth-order valence-electron chi connectivity index (χ4n) is 1.26. The lowest BCUT2D eigenvalue weighted by molar-refractivity contribution is -0.144. The molecule has 5 heteroatoms. The Morgan fingerprint density at radius 2 is 2.18 bits per heavy atom. The van der Waals surface area contributed by atoms with Crippen molar-refractivity contribution in [3.8, 4) is 6.07 Å². The minimum Gasteiger partial charge on any atom is -0.452 e. The summed E-state index contributed by atoms with van der Waals surface area (Å²) in [5.41, 5.74) is 0.585. The van der Waals surface area contributed by atoms with Crippen molar-refractivity contribution in [3.63, 3.8) is 0 Å². The van der Waals surface area contributed by atoms with Crippen LogP contribution in [0.2, 0.25) is 10.0 Å². The van der Waals surface area contributed by atoms with Gasteiger partial charge in [-0.3, -0.25) is 4.79 Å². The lowest BCUT2D eigenvalue weighted by Gasteiger charge is -2.17. The summed E-state index contributed by atoms with van der Waals surface area (Å²) in [5.74, 6) is -0.516. The number of nitriles is 1. The van der Waals surface area contributed by atoms with Crippen LogP contribution in [-0.2, 0) is 9.53 Å². The van der Waals surface area contributed by atoms with Gasteiger partial charge in [-0.05, 0) is 12.1 Å². The quantitative estimate of drug-likeness (QED) is 0.621. The Morgan fingerprint density at radius 3 is 2.65 bits per heavy atom. The molecule has 1 atom stereocenters. The predicted molar refractivity (Wildman–Crippen MR) is 65.7 cm³/mol. The minimum atomic E-state index is -0.873. The molecule has 17 heavy (non-hydrogen) atoms. The molecule has 1 unspecified atom stereocenters. The second-order valence-electron chi connectivity index (χ2n) is 3.29. The number of ether oxygens (including phenoxy) is 1. The molecule has 0 amide bonds. The highest BCUT2D eigenvalue weighted by Crippen LogP contribution is 2.32. The molecular weight excluding hydrogens is 261 g/mol. The maximum atomic E-state index is 11.0. The summed E-state index contributed by atoms with van der Waals surface area (Å²) in [6.07, 6.45) is -0.873. The molecule has 0 N–H and O–H groups in total. The van der Waals surface area contributed by atoms with Crippen LogP contribution in [0, 0.1) is 11.3 Å². The van der Waals surface area contributed by atoms with Gasteiger partial charge in [-0.2, -0.15) is 5.26 Å². The van der Waals surface area contributed by atoms with Crippen molar-refractivity contribution < 1.29 is 9.53 Å². The van der Waals surface area contributed by atoms with Crippen LogP contribution >= 0.6 is 23.2 Å². The molecule has 1 rings (SSSR count). The standard InChI is InChI=1S/C12H9Cl2NO2/c1-7(6-15)12(17-8(2)16)10-4-3-9(13)5-11(10)14/h3-5,12H,1H2,2H3. The molecule has 0 fully saturated rings. The zero-order chi connectivity index (χ0) is 13.0. The molecule has 0 heterocycles. The topological polar surface area (TPSA) is 50.1 Å². The molecule has 0 bridgehead atoms. The van der Waals surface area contributed by atoms with Gasteiger partial charge in [0.1, 0.15) is 0 Å². The Kier molecular flexibility index (Phi) is 4.56. The first-order chi connectivity index (χ1) is 7.95. The summed E-state index contributed by atoms with van der Waals surface area (Å²) >= 11 is 11.7. The number of hydrogen-bond donors (Lipinski definition) is 0. The number of carbonyl (C=O) groups excluding carboxylic acids is 1. The van der Waals surface area contributed by atoms with Gasteiger partial charge >= 0.3 is 5.97 Å². The number of halogens is 2. The SMILES string of the molecule is C=C(C#N)C(OC(C)=O)c1ccc(Cl)cc1Cl. The molecule has 1 aromatic carbocycles. The maximum absolute atomic E-state index is 11.0. The van der Waals surface area contributed by atoms with Crippen molar-refractivity contribution in [3.05, 3.63) is 46.0 Å². The van der Waals surface area contributed by atoms with Crippen LogP contribution in [0.4, 0.5) is 0 Å². The lowest BCUT2D eigenvalue weighted by Crippen LogP contribution is -2.10. The Bertz CT molecular complexity index is 506. The number of rotatable bonds is 3. The van der Waals surface area contributed by atoms with Gasteiger partial charge in [0, 0.05) is 22.5 Å². The smallest absolute Gasteiger partial charge is 0.303 e. The van der Waals surface area contributed by atoms with Gasteiger partial charge in [-0.25, -0.2) is 0 Å². The molecule has 0 aliphatic carbocycles. The van der Waals surface area contributed by atoms with E-state index < -0.39 is 12.1 Å². The third kappa shape index (κ3) is 3.48. The van der Waals surface area contributed by atoms with E-state index in [1.807, 2.05) is 6.07 Å². The van der Waals surface area contributed by atoms with Crippen molar-refractivity contribution in [2.24, 2.45) is 0 Å². The van der Waals surface area contributed by atoms with Gasteiger partial charge in [0.2, 0.25) is 0 Å². The molecule has 88 valence electrons. The fraction of sp³-hybridized carbons (Fsp3) is 0.167. The van der Waals surface area contributed by atoms with E-state index in [1.54, 1.807) is 12.1 Å². The van der Waals surface area contributed by atoms with E-state index in [0.29, 0.717) is 15.6 Å². The van der Waals surface area contributed by atoms with Crippen molar-refractivity contribution in [1.29, 1.82) is 5.26 Å². The van der Waals surface area contributed by atoms with Crippen molar-refractivity contribution in [2.45, 2.75) is 13.0 Å². The molecule has 0 saturated heterocycles. The Balaban J connectivity index is 3.18. The van der Waals surface area contributed by atoms with Gasteiger partial charge < -0.3 is 4.74 Å². The average Bonchev–Trinajstić information content (AvgIpc) is 2.25. The molecule has 0 spiro atoms. The monoisotopic (exact) mass is 269 g/mol. The second kappa shape index (κ2) is 5.72. The summed E-state index contributed by atoms with van der Waals surface area (Å²) < 4.78 is 5.02. The molecule has 0 radical (unpaired) electrons. The average molecular weight is 270 g/mol. The third-order valence-electron chi connectivity index (χ3n) is 1.99. The molecular formula is C12H9Cl2NO2. The van der Waals surface area contributed by atoms with Crippen LogP contribution < -0.4 is 0 Å². The van der Waals surface area contributed by atoms with E-state index in [-0.39, 0.29) is 5.57 Å². The zero-order valence-corrected chi connectivity index (χ0v) is 10.5. The second-order valence-corrected chi connectivity index (χ2v) is 4.14. The highest BCUT2D eigenvalue weighted by Gasteiger charge is 2.21. The van der Waals surface area contributed by atoms with Gasteiger partial charge in [0.15, 0.2) is 6.10 Å². The first-order valence-electron chi connectivity index (χ1n) is 4.66. The molecule has 0 saturated carbocycles. The van der Waals surface area contributed by atoms with Gasteiger partial charge in [0.05, 0.1) is 11.6 Å². The number of carbonyl (C=O) groups is 1. The van der Waals surface area contributed by atoms with Gasteiger partial charge in [0.25, 0.3) is 0 Å². The zero-order valence-electron chi connectivity index (χ0n) is 9.04. The van der Waals surface area contributed by atoms with E-state index in [9.17, 15) is 4.79 Å². The van der Waals surface area contributed by atoms with Crippen molar-refractivity contribution >= 4 is 29.2 Å². The molecule has 0 aromatic heterocycles. The van der Waals surface area contributed by atoms with Gasteiger partial charge in [-0.15, -0.1) is 0 Å². The van der Waals surface area contributed by atoms with Crippen molar-refractivity contribution in [2.75, 3.05) is 0 Å². The normalized spacial score (nSPS) is 11.4. The molecule has 3 nitrogen and oxygen atoms in total. The van der Waals surface area contributed by atoms with Crippen LogP contribution in [0.5, 0.6) is 0 Å². The number of hydrogen-bond acceptors (Lipinski definition) is 3. The predicted octanol–water partition coefficient (Wildman–Crippen LogP) is 3.68. The minimum absolute atomic E-state index is 0.101. The van der Waals surface area contributed by atoms with E-state index in [4.69, 9.17) is 33.2 Å². The van der Waals surface area contributed by atoms with Crippen molar-refractivity contribution in [1.82, 2.24) is 0 Å². The van der Waals surface area contributed by atoms with Crippen LogP contribution in [-0.4, -0.2) is 5.97 Å². The molecule has 1 aromatic rings. The van der Waals surface area contributed by atoms with Crippen LogP contribution in [0.25, 0.3) is 0 Å². The summed E-state index contributed by atoms with van der Waals surface area (Å²) in [4.78, 5) is 11.0. The third-order valence-corrected chi connectivity index (χ3v) is 2.55. The highest BCUT2D eigenvalue weighted by molar-refractivity contribution is 6.35. The molecule has 0 aliphatic rings. The largest absolute Gasteiger partial charge is 0.452 e. The first-order valence-corrected chi connectivity index (χ1v) is 5.42. The Labute approximate surface area is 109 Å². The Morgan fingerprint density at radius 1 is 1.53 bits per heavy atom. The van der Waals surface area contributed by atoms with E-state index >= 15 is 0 Å². The van der Waals surface area contributed by atoms with E-state index in [1.165, 1.54) is 13.0 Å².